The Balaban J connectivity index is 4.37. The first-order valence-electron chi connectivity index (χ1n) is 27.8. The van der Waals surface area contributed by atoms with E-state index >= 15 is 0 Å². The molecule has 0 bridgehead atoms. The van der Waals surface area contributed by atoms with Crippen LogP contribution >= 0.6 is 0 Å². The van der Waals surface area contributed by atoms with E-state index in [1.165, 1.54) is 141 Å². The molecule has 0 rings (SSSR count). The van der Waals surface area contributed by atoms with Crippen LogP contribution in [0.2, 0.25) is 0 Å². The van der Waals surface area contributed by atoms with Crippen LogP contribution in [0.25, 0.3) is 0 Å². The van der Waals surface area contributed by atoms with E-state index in [2.05, 4.69) is 81.5 Å². The van der Waals surface area contributed by atoms with Crippen molar-refractivity contribution in [3.63, 3.8) is 0 Å². The van der Waals surface area contributed by atoms with E-state index in [4.69, 9.17) is 14.2 Å². The van der Waals surface area contributed by atoms with E-state index in [-0.39, 0.29) is 31.1 Å². The number of carbonyl (C=O) groups is 3. The monoisotopic (exact) mass is 909 g/mol. The quantitative estimate of drug-likeness (QED) is 0.0262. The second kappa shape index (κ2) is 53.7. The van der Waals surface area contributed by atoms with Crippen LogP contribution in [0.1, 0.15) is 278 Å². The van der Waals surface area contributed by atoms with Crippen LogP contribution in [0.5, 0.6) is 0 Å². The number of ether oxygens (including phenoxy) is 3. The summed E-state index contributed by atoms with van der Waals surface area (Å²) in [4.78, 5) is 38.0. The summed E-state index contributed by atoms with van der Waals surface area (Å²) < 4.78 is 16.8. The molecule has 0 N–H and O–H groups in total. The molecule has 0 aliphatic carbocycles. The van der Waals surface area contributed by atoms with E-state index in [9.17, 15) is 14.4 Å². The van der Waals surface area contributed by atoms with Crippen LogP contribution < -0.4 is 0 Å². The number of carbonyl (C=O) groups excluding carboxylic acids is 3. The summed E-state index contributed by atoms with van der Waals surface area (Å²) >= 11 is 0. The molecule has 6 nitrogen and oxygen atoms in total. The van der Waals surface area contributed by atoms with Crippen molar-refractivity contribution in [3.8, 4) is 0 Å². The normalized spacial score (nSPS) is 12.5. The molecular weight excluding hydrogens is 805 g/mol. The van der Waals surface area contributed by atoms with Gasteiger partial charge >= 0.3 is 17.9 Å². The van der Waals surface area contributed by atoms with Gasteiger partial charge in [-0.1, -0.05) is 236 Å². The summed E-state index contributed by atoms with van der Waals surface area (Å²) in [6.07, 6.45) is 66.4. The SMILES string of the molecule is CC/C=C\C/C=C\C/C=C\C/C=C\CCCCCC(=O)OC(COC(=O)CCCCCCC/C=C\CCCCC)COC(=O)CCCCCCCCCCCCCCCCCCCCC. The molecule has 0 aromatic rings. The van der Waals surface area contributed by atoms with Gasteiger partial charge in [-0.25, -0.2) is 0 Å². The molecule has 0 radical (unpaired) electrons. The fourth-order valence-electron chi connectivity index (χ4n) is 7.84. The van der Waals surface area contributed by atoms with Gasteiger partial charge in [-0.3, -0.25) is 14.4 Å². The molecule has 0 aromatic heterocycles. The van der Waals surface area contributed by atoms with Crippen molar-refractivity contribution in [1.82, 2.24) is 0 Å². The lowest BCUT2D eigenvalue weighted by Gasteiger charge is -2.18. The first kappa shape index (κ1) is 62.1. The Hall–Kier alpha value is -2.89. The third-order valence-corrected chi connectivity index (χ3v) is 12.0. The summed E-state index contributed by atoms with van der Waals surface area (Å²) in [5, 5.41) is 0. The van der Waals surface area contributed by atoms with E-state index in [0.717, 1.165) is 96.3 Å². The van der Waals surface area contributed by atoms with Gasteiger partial charge in [0.1, 0.15) is 13.2 Å². The van der Waals surface area contributed by atoms with Gasteiger partial charge in [-0.05, 0) is 83.5 Å². The molecule has 65 heavy (non-hydrogen) atoms. The zero-order valence-corrected chi connectivity index (χ0v) is 43.0. The number of allylic oxidation sites excluding steroid dienone is 10. The fourth-order valence-corrected chi connectivity index (χ4v) is 7.84. The molecule has 0 heterocycles. The largest absolute Gasteiger partial charge is 0.462 e. The number of rotatable bonds is 50. The topological polar surface area (TPSA) is 78.9 Å². The van der Waals surface area contributed by atoms with E-state index < -0.39 is 6.10 Å². The fraction of sp³-hybridized carbons (Fsp3) is 0.780. The summed E-state index contributed by atoms with van der Waals surface area (Å²) in [6, 6.07) is 0. The van der Waals surface area contributed by atoms with Crippen molar-refractivity contribution in [2.24, 2.45) is 0 Å². The summed E-state index contributed by atoms with van der Waals surface area (Å²) in [5.41, 5.74) is 0. The van der Waals surface area contributed by atoms with Crippen molar-refractivity contribution < 1.29 is 28.6 Å². The Bertz CT molecular complexity index is 1180. The molecule has 0 aliphatic rings. The Morgan fingerprint density at radius 2 is 0.600 bits per heavy atom. The maximum absolute atomic E-state index is 12.8. The molecule has 376 valence electrons. The van der Waals surface area contributed by atoms with Crippen molar-refractivity contribution in [2.45, 2.75) is 284 Å². The van der Waals surface area contributed by atoms with Gasteiger partial charge in [0.25, 0.3) is 0 Å². The summed E-state index contributed by atoms with van der Waals surface area (Å²) in [5.74, 6) is -0.919. The second-order valence-corrected chi connectivity index (χ2v) is 18.5. The predicted octanol–water partition coefficient (Wildman–Crippen LogP) is 18.4. The highest BCUT2D eigenvalue weighted by Crippen LogP contribution is 2.16. The third-order valence-electron chi connectivity index (χ3n) is 12.0. The molecule has 0 amide bonds. The van der Waals surface area contributed by atoms with Crippen LogP contribution in [0.4, 0.5) is 0 Å². The highest BCUT2D eigenvalue weighted by molar-refractivity contribution is 5.71. The second-order valence-electron chi connectivity index (χ2n) is 18.5. The van der Waals surface area contributed by atoms with Crippen LogP contribution in [0, 0.1) is 0 Å². The Morgan fingerprint density at radius 1 is 0.323 bits per heavy atom. The number of hydrogen-bond donors (Lipinski definition) is 0. The van der Waals surface area contributed by atoms with Gasteiger partial charge in [0, 0.05) is 19.3 Å². The molecular formula is C59H104O6. The molecule has 0 aromatic carbocycles. The molecule has 6 heteroatoms. The maximum atomic E-state index is 12.8. The van der Waals surface area contributed by atoms with Crippen LogP contribution in [-0.2, 0) is 28.6 Å². The summed E-state index contributed by atoms with van der Waals surface area (Å²) in [7, 11) is 0. The lowest BCUT2D eigenvalue weighted by Crippen LogP contribution is -2.30. The molecule has 0 aliphatic heterocycles. The highest BCUT2D eigenvalue weighted by Gasteiger charge is 2.19. The molecule has 1 unspecified atom stereocenters. The van der Waals surface area contributed by atoms with Gasteiger partial charge in [-0.15, -0.1) is 0 Å². The summed E-state index contributed by atoms with van der Waals surface area (Å²) in [6.45, 7) is 6.49. The third kappa shape index (κ3) is 51.9. The maximum Gasteiger partial charge on any atom is 0.306 e. The first-order chi connectivity index (χ1) is 32.0. The van der Waals surface area contributed by atoms with Crippen molar-refractivity contribution >= 4 is 17.9 Å². The molecule has 1 atom stereocenters. The number of unbranched alkanes of at least 4 members (excludes halogenated alkanes) is 29. The van der Waals surface area contributed by atoms with Crippen molar-refractivity contribution in [3.05, 3.63) is 60.8 Å². The lowest BCUT2D eigenvalue weighted by atomic mass is 10.0. The Kier molecular flexibility index (Phi) is 51.3. The molecule has 0 saturated carbocycles. The van der Waals surface area contributed by atoms with Gasteiger partial charge in [0.15, 0.2) is 6.10 Å². The van der Waals surface area contributed by atoms with E-state index in [1.54, 1.807) is 0 Å². The first-order valence-corrected chi connectivity index (χ1v) is 27.8. The van der Waals surface area contributed by atoms with Crippen molar-refractivity contribution in [1.29, 1.82) is 0 Å². The average Bonchev–Trinajstić information content (AvgIpc) is 3.30. The van der Waals surface area contributed by atoms with Gasteiger partial charge < -0.3 is 14.2 Å². The standard InChI is InChI=1S/C59H104O6/c1-4-7-10-13-16-19-22-25-27-29-30-31-33-34-37-40-43-46-49-52-58(61)64-55-56(54-63-57(60)51-48-45-42-39-36-24-21-18-15-12-9-6-3)65-59(62)53-50-47-44-41-38-35-32-28-26-23-20-17-14-11-8-5-2/h8,11,17-18,20-21,26,28,35,38,56H,4-7,9-10,12-16,19,22-25,27,29-34,36-37,39-55H2,1-3H3/b11-8-,20-17-,21-18-,28-26-,38-35-. The van der Waals surface area contributed by atoms with Gasteiger partial charge in [-0.2, -0.15) is 0 Å². The van der Waals surface area contributed by atoms with E-state index in [0.29, 0.717) is 19.3 Å². The molecule has 0 fully saturated rings. The Morgan fingerprint density at radius 3 is 1.00 bits per heavy atom. The van der Waals surface area contributed by atoms with Crippen LogP contribution in [0.15, 0.2) is 60.8 Å². The van der Waals surface area contributed by atoms with Gasteiger partial charge in [0.2, 0.25) is 0 Å². The average molecular weight is 909 g/mol. The molecule has 0 saturated heterocycles. The minimum atomic E-state index is -0.792. The highest BCUT2D eigenvalue weighted by atomic mass is 16.6. The van der Waals surface area contributed by atoms with Gasteiger partial charge in [0.05, 0.1) is 0 Å². The van der Waals surface area contributed by atoms with E-state index in [1.807, 2.05) is 0 Å². The zero-order chi connectivity index (χ0) is 47.2. The lowest BCUT2D eigenvalue weighted by molar-refractivity contribution is -0.167. The Labute approximate surface area is 402 Å². The molecule has 0 spiro atoms. The van der Waals surface area contributed by atoms with Crippen LogP contribution in [-0.4, -0.2) is 37.2 Å². The number of hydrogen-bond acceptors (Lipinski definition) is 6. The zero-order valence-electron chi connectivity index (χ0n) is 43.0. The van der Waals surface area contributed by atoms with Crippen molar-refractivity contribution in [2.75, 3.05) is 13.2 Å². The van der Waals surface area contributed by atoms with Crippen LogP contribution in [0.3, 0.4) is 0 Å². The predicted molar refractivity (Wildman–Crippen MR) is 279 cm³/mol. The minimum absolute atomic E-state index is 0.0874. The minimum Gasteiger partial charge on any atom is -0.462 e. The number of esters is 3. The smallest absolute Gasteiger partial charge is 0.306 e.